The molecule has 2 atom stereocenters. The fraction of sp³-hybridized carbons (Fsp3) is 0.529. The minimum absolute atomic E-state index is 0.0484. The first-order valence-electron chi connectivity index (χ1n) is 8.11. The van der Waals surface area contributed by atoms with Gasteiger partial charge in [0, 0.05) is 11.9 Å². The number of hydrogen-bond acceptors (Lipinski definition) is 5. The van der Waals surface area contributed by atoms with Crippen molar-refractivity contribution in [3.8, 4) is 5.75 Å². The number of rotatable bonds is 6. The summed E-state index contributed by atoms with van der Waals surface area (Å²) in [6.07, 6.45) is 1.52. The lowest BCUT2D eigenvalue weighted by Gasteiger charge is -2.15. The van der Waals surface area contributed by atoms with E-state index in [1.807, 2.05) is 38.1 Å². The summed E-state index contributed by atoms with van der Waals surface area (Å²) in [4.78, 5) is 0. The second-order valence-corrected chi connectivity index (χ2v) is 8.42. The van der Waals surface area contributed by atoms with Crippen LogP contribution >= 0.6 is 0 Å². The molecular weight excluding hydrogens is 314 g/mol. The van der Waals surface area contributed by atoms with E-state index >= 15 is 0 Å². The van der Waals surface area contributed by atoms with Crippen LogP contribution < -0.4 is 10.1 Å². The molecule has 0 saturated carbocycles. The van der Waals surface area contributed by atoms with E-state index in [0.29, 0.717) is 18.9 Å². The predicted octanol–water partition coefficient (Wildman–Crippen LogP) is 3.06. The molecule has 1 aliphatic heterocycles. The molecule has 1 N–H and O–H groups in total. The van der Waals surface area contributed by atoms with Crippen molar-refractivity contribution in [2.75, 3.05) is 18.9 Å². The number of furan rings is 1. The molecule has 1 saturated heterocycles. The Hall–Kier alpha value is -1.53. The number of benzene rings is 1. The van der Waals surface area contributed by atoms with Gasteiger partial charge in [-0.25, -0.2) is 8.42 Å². The highest BCUT2D eigenvalue weighted by atomic mass is 32.2. The first kappa shape index (κ1) is 16.3. The molecule has 5 nitrogen and oxygen atoms in total. The Morgan fingerprint density at radius 1 is 1.43 bits per heavy atom. The van der Waals surface area contributed by atoms with E-state index in [4.69, 9.17) is 9.15 Å². The lowest BCUT2D eigenvalue weighted by molar-refractivity contribution is 0.336. The van der Waals surface area contributed by atoms with E-state index in [1.54, 1.807) is 0 Å². The minimum atomic E-state index is -2.92. The van der Waals surface area contributed by atoms with Gasteiger partial charge in [0.15, 0.2) is 21.2 Å². The summed E-state index contributed by atoms with van der Waals surface area (Å²) >= 11 is 0. The molecule has 0 spiro atoms. The van der Waals surface area contributed by atoms with Crippen molar-refractivity contribution >= 4 is 20.8 Å². The van der Waals surface area contributed by atoms with Gasteiger partial charge in [0.2, 0.25) is 0 Å². The molecule has 0 radical (unpaired) electrons. The SMILES string of the molecule is CCOc1cccc2cc([C@@H](C)NC[C@H]3CCCS3(=O)=O)oc12. The highest BCUT2D eigenvalue weighted by molar-refractivity contribution is 7.92. The summed E-state index contributed by atoms with van der Waals surface area (Å²) in [5.41, 5.74) is 0.742. The number of hydrogen-bond donors (Lipinski definition) is 1. The number of ether oxygens (including phenoxy) is 1. The largest absolute Gasteiger partial charge is 0.490 e. The van der Waals surface area contributed by atoms with Gasteiger partial charge in [0.05, 0.1) is 23.7 Å². The Kier molecular flexibility index (Phi) is 4.64. The van der Waals surface area contributed by atoms with E-state index in [0.717, 1.165) is 35.3 Å². The third kappa shape index (κ3) is 3.38. The van der Waals surface area contributed by atoms with Crippen molar-refractivity contribution in [3.05, 3.63) is 30.0 Å². The first-order chi connectivity index (χ1) is 11.0. The second kappa shape index (κ2) is 6.53. The second-order valence-electron chi connectivity index (χ2n) is 6.02. The molecule has 3 rings (SSSR count). The molecule has 1 aromatic heterocycles. The molecule has 126 valence electrons. The molecule has 6 heteroatoms. The van der Waals surface area contributed by atoms with Gasteiger partial charge in [0.1, 0.15) is 5.76 Å². The molecule has 2 aromatic rings. The van der Waals surface area contributed by atoms with Crippen LogP contribution in [0.2, 0.25) is 0 Å². The highest BCUT2D eigenvalue weighted by Gasteiger charge is 2.31. The van der Waals surface area contributed by atoms with Gasteiger partial charge in [-0.2, -0.15) is 0 Å². The van der Waals surface area contributed by atoms with Crippen molar-refractivity contribution in [2.45, 2.75) is 38.0 Å². The summed E-state index contributed by atoms with van der Waals surface area (Å²) in [5, 5.41) is 4.02. The van der Waals surface area contributed by atoms with Crippen LogP contribution in [0, 0.1) is 0 Å². The third-order valence-corrected chi connectivity index (χ3v) is 6.64. The monoisotopic (exact) mass is 337 g/mol. The summed E-state index contributed by atoms with van der Waals surface area (Å²) in [6.45, 7) is 4.98. The van der Waals surface area contributed by atoms with Gasteiger partial charge >= 0.3 is 0 Å². The summed E-state index contributed by atoms with van der Waals surface area (Å²) < 4.78 is 35.3. The summed E-state index contributed by atoms with van der Waals surface area (Å²) in [7, 11) is -2.92. The maximum atomic E-state index is 11.9. The van der Waals surface area contributed by atoms with Crippen molar-refractivity contribution in [2.24, 2.45) is 0 Å². The van der Waals surface area contributed by atoms with Crippen molar-refractivity contribution in [1.29, 1.82) is 0 Å². The van der Waals surface area contributed by atoms with Gasteiger partial charge in [0.25, 0.3) is 0 Å². The maximum Gasteiger partial charge on any atom is 0.176 e. The summed E-state index contributed by atoms with van der Waals surface area (Å²) in [6, 6.07) is 7.75. The quantitative estimate of drug-likeness (QED) is 0.877. The zero-order valence-electron chi connectivity index (χ0n) is 13.5. The zero-order chi connectivity index (χ0) is 16.4. The van der Waals surface area contributed by atoms with Crippen LogP contribution in [0.1, 0.15) is 38.5 Å². The third-order valence-electron chi connectivity index (χ3n) is 4.37. The van der Waals surface area contributed by atoms with Crippen molar-refractivity contribution < 1.29 is 17.6 Å². The molecule has 1 fully saturated rings. The predicted molar refractivity (Wildman–Crippen MR) is 90.6 cm³/mol. The Bertz CT molecular complexity index is 781. The van der Waals surface area contributed by atoms with Crippen LogP contribution in [0.5, 0.6) is 5.75 Å². The lowest BCUT2D eigenvalue weighted by atomic mass is 10.2. The molecule has 23 heavy (non-hydrogen) atoms. The Morgan fingerprint density at radius 2 is 2.26 bits per heavy atom. The fourth-order valence-corrected chi connectivity index (χ4v) is 4.81. The van der Waals surface area contributed by atoms with Gasteiger partial charge in [-0.15, -0.1) is 0 Å². The first-order valence-corrected chi connectivity index (χ1v) is 9.83. The molecule has 0 unspecified atom stereocenters. The van der Waals surface area contributed by atoms with E-state index in [-0.39, 0.29) is 11.3 Å². The number of nitrogens with one attached hydrogen (secondary N) is 1. The number of fused-ring (bicyclic) bond motifs is 1. The molecule has 0 bridgehead atoms. The maximum absolute atomic E-state index is 11.9. The lowest BCUT2D eigenvalue weighted by Crippen LogP contribution is -2.32. The van der Waals surface area contributed by atoms with Crippen LogP contribution in [0.4, 0.5) is 0 Å². The number of para-hydroxylation sites is 1. The Morgan fingerprint density at radius 3 is 2.96 bits per heavy atom. The van der Waals surface area contributed by atoms with Crippen LogP contribution in [0.15, 0.2) is 28.7 Å². The standard InChI is InChI=1S/C17H23NO4S/c1-3-21-15-8-4-6-13-10-16(22-17(13)15)12(2)18-11-14-7-5-9-23(14,19)20/h4,6,8,10,12,14,18H,3,5,7,9,11H2,1-2H3/t12-,14-/m1/s1. The molecule has 1 aliphatic rings. The van der Waals surface area contributed by atoms with E-state index in [1.165, 1.54) is 0 Å². The van der Waals surface area contributed by atoms with E-state index in [9.17, 15) is 8.42 Å². The number of sulfone groups is 1. The van der Waals surface area contributed by atoms with Gasteiger partial charge in [-0.3, -0.25) is 0 Å². The molecule has 2 heterocycles. The Balaban J connectivity index is 1.73. The Labute approximate surface area is 136 Å². The smallest absolute Gasteiger partial charge is 0.176 e. The normalized spacial score (nSPS) is 21.6. The minimum Gasteiger partial charge on any atom is -0.490 e. The van der Waals surface area contributed by atoms with Crippen molar-refractivity contribution in [1.82, 2.24) is 5.32 Å². The highest BCUT2D eigenvalue weighted by Crippen LogP contribution is 2.31. The average Bonchev–Trinajstić information content (AvgIpc) is 3.09. The molecule has 0 aliphatic carbocycles. The van der Waals surface area contributed by atoms with Crippen LogP contribution in [-0.4, -0.2) is 32.6 Å². The van der Waals surface area contributed by atoms with Crippen LogP contribution in [0.3, 0.4) is 0 Å². The zero-order valence-corrected chi connectivity index (χ0v) is 14.4. The topological polar surface area (TPSA) is 68.5 Å². The van der Waals surface area contributed by atoms with Crippen molar-refractivity contribution in [3.63, 3.8) is 0 Å². The average molecular weight is 337 g/mol. The van der Waals surface area contributed by atoms with Gasteiger partial charge in [-0.1, -0.05) is 12.1 Å². The molecule has 0 amide bonds. The summed E-state index contributed by atoms with van der Waals surface area (Å²) in [5.74, 6) is 1.85. The molecular formula is C17H23NO4S. The van der Waals surface area contributed by atoms with E-state index in [2.05, 4.69) is 5.32 Å². The van der Waals surface area contributed by atoms with Crippen LogP contribution in [0.25, 0.3) is 11.0 Å². The fourth-order valence-electron chi connectivity index (χ4n) is 3.04. The van der Waals surface area contributed by atoms with E-state index < -0.39 is 9.84 Å². The van der Waals surface area contributed by atoms with Crippen LogP contribution in [-0.2, 0) is 9.84 Å². The van der Waals surface area contributed by atoms with Gasteiger partial charge < -0.3 is 14.5 Å². The van der Waals surface area contributed by atoms with Gasteiger partial charge in [-0.05, 0) is 38.8 Å². The molecule has 1 aromatic carbocycles.